The van der Waals surface area contributed by atoms with Crippen LogP contribution in [0.15, 0.2) is 24.3 Å². The monoisotopic (exact) mass is 291 g/mol. The van der Waals surface area contributed by atoms with E-state index in [1.165, 1.54) is 6.07 Å². The normalized spacial score (nSPS) is 10.9. The molecular formula is C16H22FN3O. The Morgan fingerprint density at radius 1 is 1.38 bits per heavy atom. The molecule has 0 unspecified atom stereocenters. The highest BCUT2D eigenvalue weighted by Gasteiger charge is 2.11. The number of hydrogen-bond donors (Lipinski definition) is 1. The molecule has 0 fully saturated rings. The Hall–Kier alpha value is -1.88. The van der Waals surface area contributed by atoms with Gasteiger partial charge in [0.25, 0.3) is 0 Å². The van der Waals surface area contributed by atoms with Gasteiger partial charge in [-0.05, 0) is 32.0 Å². The molecule has 0 aliphatic carbocycles. The molecule has 5 heteroatoms. The van der Waals surface area contributed by atoms with Crippen molar-refractivity contribution in [2.75, 3.05) is 6.54 Å². The van der Waals surface area contributed by atoms with Crippen LogP contribution in [0, 0.1) is 12.7 Å². The first kappa shape index (κ1) is 15.5. The van der Waals surface area contributed by atoms with Crippen LogP contribution in [-0.4, -0.2) is 16.3 Å². The van der Waals surface area contributed by atoms with Crippen molar-refractivity contribution < 1.29 is 9.13 Å². The third-order valence-corrected chi connectivity index (χ3v) is 3.25. The van der Waals surface area contributed by atoms with Gasteiger partial charge < -0.3 is 10.1 Å². The molecule has 1 aromatic heterocycles. The molecule has 0 bridgehead atoms. The lowest BCUT2D eigenvalue weighted by atomic mass is 10.2. The molecule has 0 atom stereocenters. The number of para-hydroxylation sites is 1. The van der Waals surface area contributed by atoms with Gasteiger partial charge in [-0.3, -0.25) is 4.68 Å². The summed E-state index contributed by atoms with van der Waals surface area (Å²) in [6.45, 7) is 5.83. The molecule has 21 heavy (non-hydrogen) atoms. The molecule has 0 aliphatic heterocycles. The summed E-state index contributed by atoms with van der Waals surface area (Å²) in [4.78, 5) is 0. The number of ether oxygens (including phenoxy) is 1. The van der Waals surface area contributed by atoms with Crippen LogP contribution in [0.2, 0.25) is 0 Å². The smallest absolute Gasteiger partial charge is 0.165 e. The van der Waals surface area contributed by atoms with E-state index in [9.17, 15) is 4.39 Å². The third kappa shape index (κ3) is 4.04. The van der Waals surface area contributed by atoms with E-state index in [0.717, 1.165) is 29.9 Å². The van der Waals surface area contributed by atoms with E-state index in [1.807, 2.05) is 26.1 Å². The summed E-state index contributed by atoms with van der Waals surface area (Å²) in [7, 11) is 1.86. The first-order valence-corrected chi connectivity index (χ1v) is 7.22. The molecule has 1 heterocycles. The van der Waals surface area contributed by atoms with Crippen molar-refractivity contribution in [3.05, 3.63) is 47.0 Å². The third-order valence-electron chi connectivity index (χ3n) is 3.25. The number of rotatable bonds is 7. The Balaban J connectivity index is 2.09. The van der Waals surface area contributed by atoms with Crippen molar-refractivity contribution in [3.8, 4) is 5.75 Å². The molecule has 0 saturated carbocycles. The number of nitrogens with one attached hydrogen (secondary N) is 1. The average Bonchev–Trinajstić information content (AvgIpc) is 2.76. The van der Waals surface area contributed by atoms with E-state index in [2.05, 4.69) is 17.3 Å². The van der Waals surface area contributed by atoms with Crippen LogP contribution < -0.4 is 10.1 Å². The highest BCUT2D eigenvalue weighted by Crippen LogP contribution is 2.23. The number of hydrogen-bond acceptors (Lipinski definition) is 3. The molecule has 1 aromatic carbocycles. The minimum absolute atomic E-state index is 0.305. The quantitative estimate of drug-likeness (QED) is 0.797. The van der Waals surface area contributed by atoms with Gasteiger partial charge in [-0.2, -0.15) is 5.10 Å². The lowest BCUT2D eigenvalue weighted by Crippen LogP contribution is -2.15. The van der Waals surface area contributed by atoms with Gasteiger partial charge in [0.2, 0.25) is 0 Å². The SMILES string of the molecule is CCCNCc1cccc(F)c1OCc1cc(C)nn1C. The zero-order chi connectivity index (χ0) is 15.2. The van der Waals surface area contributed by atoms with Gasteiger partial charge in [0, 0.05) is 19.2 Å². The summed E-state index contributed by atoms with van der Waals surface area (Å²) in [5, 5.41) is 7.53. The van der Waals surface area contributed by atoms with E-state index in [1.54, 1.807) is 10.7 Å². The van der Waals surface area contributed by atoms with Crippen LogP contribution in [0.4, 0.5) is 4.39 Å². The molecule has 2 aromatic rings. The molecule has 0 saturated heterocycles. The molecule has 0 amide bonds. The van der Waals surface area contributed by atoms with Gasteiger partial charge in [0.1, 0.15) is 6.61 Å². The number of aromatic nitrogens is 2. The maximum absolute atomic E-state index is 14.0. The lowest BCUT2D eigenvalue weighted by Gasteiger charge is -2.13. The fourth-order valence-electron chi connectivity index (χ4n) is 2.20. The Kier molecular flexibility index (Phi) is 5.33. The number of benzene rings is 1. The minimum Gasteiger partial charge on any atom is -0.484 e. The fourth-order valence-corrected chi connectivity index (χ4v) is 2.20. The summed E-state index contributed by atoms with van der Waals surface area (Å²) >= 11 is 0. The van der Waals surface area contributed by atoms with Crippen LogP contribution >= 0.6 is 0 Å². The lowest BCUT2D eigenvalue weighted by molar-refractivity contribution is 0.276. The van der Waals surface area contributed by atoms with Crippen LogP contribution in [0.1, 0.15) is 30.3 Å². The molecular weight excluding hydrogens is 269 g/mol. The number of aryl methyl sites for hydroxylation is 2. The molecule has 0 radical (unpaired) electrons. The van der Waals surface area contributed by atoms with Gasteiger partial charge in [-0.25, -0.2) is 4.39 Å². The Morgan fingerprint density at radius 2 is 2.19 bits per heavy atom. The van der Waals surface area contributed by atoms with Gasteiger partial charge >= 0.3 is 0 Å². The van der Waals surface area contributed by atoms with E-state index < -0.39 is 0 Å². The maximum atomic E-state index is 14.0. The molecule has 0 aliphatic rings. The number of nitrogens with zero attached hydrogens (tertiary/aromatic N) is 2. The van der Waals surface area contributed by atoms with Crippen LogP contribution in [-0.2, 0) is 20.2 Å². The zero-order valence-electron chi connectivity index (χ0n) is 12.8. The van der Waals surface area contributed by atoms with Crippen LogP contribution in [0.3, 0.4) is 0 Å². The van der Waals surface area contributed by atoms with E-state index in [4.69, 9.17) is 4.74 Å². The fraction of sp³-hybridized carbons (Fsp3) is 0.438. The highest BCUT2D eigenvalue weighted by atomic mass is 19.1. The van der Waals surface area contributed by atoms with Gasteiger partial charge in [-0.15, -0.1) is 0 Å². The number of halogens is 1. The molecule has 1 N–H and O–H groups in total. The second kappa shape index (κ2) is 7.22. The second-order valence-electron chi connectivity index (χ2n) is 5.09. The summed E-state index contributed by atoms with van der Waals surface area (Å²) in [6.07, 6.45) is 1.04. The minimum atomic E-state index is -0.329. The predicted octanol–water partition coefficient (Wildman–Crippen LogP) is 2.95. The summed E-state index contributed by atoms with van der Waals surface area (Å²) in [5.41, 5.74) is 2.68. The Labute approximate surface area is 124 Å². The maximum Gasteiger partial charge on any atom is 0.165 e. The second-order valence-corrected chi connectivity index (χ2v) is 5.09. The van der Waals surface area contributed by atoms with Crippen molar-refractivity contribution in [1.29, 1.82) is 0 Å². The molecule has 2 rings (SSSR count). The van der Waals surface area contributed by atoms with E-state index in [-0.39, 0.29) is 5.82 Å². The van der Waals surface area contributed by atoms with Gasteiger partial charge in [0.15, 0.2) is 11.6 Å². The van der Waals surface area contributed by atoms with Gasteiger partial charge in [-0.1, -0.05) is 19.1 Å². The standard InChI is InChI=1S/C16H22FN3O/c1-4-8-18-10-13-6-5-7-15(17)16(13)21-11-14-9-12(2)19-20(14)3/h5-7,9,18H,4,8,10-11H2,1-3H3. The topological polar surface area (TPSA) is 39.1 Å². The van der Waals surface area contributed by atoms with Crippen LogP contribution in [0.5, 0.6) is 5.75 Å². The first-order valence-electron chi connectivity index (χ1n) is 7.22. The zero-order valence-corrected chi connectivity index (χ0v) is 12.8. The first-order chi connectivity index (χ1) is 10.1. The van der Waals surface area contributed by atoms with Crippen molar-refractivity contribution >= 4 is 0 Å². The van der Waals surface area contributed by atoms with Crippen molar-refractivity contribution in [2.24, 2.45) is 7.05 Å². The summed E-state index contributed by atoms with van der Waals surface area (Å²) in [5.74, 6) is -0.00959. The Bertz CT molecular complexity index is 595. The summed E-state index contributed by atoms with van der Waals surface area (Å²) in [6, 6.07) is 6.96. The van der Waals surface area contributed by atoms with E-state index >= 15 is 0 Å². The summed E-state index contributed by atoms with van der Waals surface area (Å²) < 4.78 is 21.5. The average molecular weight is 291 g/mol. The largest absolute Gasteiger partial charge is 0.484 e. The van der Waals surface area contributed by atoms with Crippen molar-refractivity contribution in [1.82, 2.24) is 15.1 Å². The van der Waals surface area contributed by atoms with Crippen molar-refractivity contribution in [3.63, 3.8) is 0 Å². The van der Waals surface area contributed by atoms with Crippen molar-refractivity contribution in [2.45, 2.75) is 33.4 Å². The Morgan fingerprint density at radius 3 is 2.86 bits per heavy atom. The molecule has 0 spiro atoms. The molecule has 114 valence electrons. The highest BCUT2D eigenvalue weighted by molar-refractivity contribution is 5.35. The predicted molar refractivity (Wildman–Crippen MR) is 80.7 cm³/mol. The molecule has 4 nitrogen and oxygen atoms in total. The van der Waals surface area contributed by atoms with E-state index in [0.29, 0.717) is 18.9 Å². The van der Waals surface area contributed by atoms with Gasteiger partial charge in [0.05, 0.1) is 11.4 Å². The van der Waals surface area contributed by atoms with Crippen LogP contribution in [0.25, 0.3) is 0 Å².